The van der Waals surface area contributed by atoms with Crippen molar-refractivity contribution in [1.82, 2.24) is 0 Å². The maximum absolute atomic E-state index is 12.8. The Bertz CT molecular complexity index is 378. The third-order valence-electron chi connectivity index (χ3n) is 2.10. The lowest BCUT2D eigenvalue weighted by Crippen LogP contribution is -2.22. The van der Waals surface area contributed by atoms with Crippen molar-refractivity contribution in [2.45, 2.75) is 19.6 Å². The zero-order valence-corrected chi connectivity index (χ0v) is 7.71. The highest BCUT2D eigenvalue weighted by molar-refractivity contribution is 5.67. The quantitative estimate of drug-likeness (QED) is 0.693. The number of fused-ring (bicyclic) bond motifs is 1. The number of carbonyl (C=O) groups excluding carboxylic acids is 1. The molecule has 0 aromatic heterocycles. The van der Waals surface area contributed by atoms with E-state index in [9.17, 15) is 9.18 Å². The fourth-order valence-electron chi connectivity index (χ4n) is 1.57. The van der Waals surface area contributed by atoms with Crippen molar-refractivity contribution < 1.29 is 13.9 Å². The topological polar surface area (TPSA) is 38.3 Å². The molecule has 0 bridgehead atoms. The van der Waals surface area contributed by atoms with Crippen LogP contribution in [0.1, 0.15) is 12.5 Å². The molecule has 0 saturated heterocycles. The standard InChI is InChI=1S/C10H10FNO2/c1-6(13)14-10-5-7-4-8(11)2-3-9(7)12-10/h2-4,10,12H,5H2,1H3. The molecule has 14 heavy (non-hydrogen) atoms. The molecule has 0 saturated carbocycles. The molecule has 1 atom stereocenters. The Morgan fingerprint density at radius 2 is 2.43 bits per heavy atom. The van der Waals surface area contributed by atoms with Crippen molar-refractivity contribution in [3.63, 3.8) is 0 Å². The van der Waals surface area contributed by atoms with Gasteiger partial charge in [0, 0.05) is 19.0 Å². The van der Waals surface area contributed by atoms with Crippen molar-refractivity contribution in [1.29, 1.82) is 0 Å². The van der Waals surface area contributed by atoms with Gasteiger partial charge in [-0.15, -0.1) is 0 Å². The Balaban J connectivity index is 2.14. The lowest BCUT2D eigenvalue weighted by molar-refractivity contribution is -0.144. The predicted molar refractivity (Wildman–Crippen MR) is 49.3 cm³/mol. The number of halogens is 1. The Hall–Kier alpha value is -1.58. The van der Waals surface area contributed by atoms with Crippen LogP contribution in [-0.4, -0.2) is 12.2 Å². The number of nitrogens with one attached hydrogen (secondary N) is 1. The number of ether oxygens (including phenoxy) is 1. The molecule has 0 spiro atoms. The van der Waals surface area contributed by atoms with Gasteiger partial charge in [-0.1, -0.05) is 0 Å². The van der Waals surface area contributed by atoms with E-state index >= 15 is 0 Å². The molecule has 2 rings (SSSR count). The number of anilines is 1. The summed E-state index contributed by atoms with van der Waals surface area (Å²) in [6.45, 7) is 1.35. The summed E-state index contributed by atoms with van der Waals surface area (Å²) in [6, 6.07) is 4.47. The van der Waals surface area contributed by atoms with Crippen molar-refractivity contribution in [2.24, 2.45) is 0 Å². The number of esters is 1. The normalized spacial score (nSPS) is 18.6. The van der Waals surface area contributed by atoms with Crippen molar-refractivity contribution in [2.75, 3.05) is 5.32 Å². The molecule has 0 fully saturated rings. The minimum atomic E-state index is -0.357. The molecule has 0 radical (unpaired) electrons. The first-order chi connectivity index (χ1) is 6.65. The summed E-state index contributed by atoms with van der Waals surface area (Å²) in [7, 11) is 0. The molecule has 1 unspecified atom stereocenters. The van der Waals surface area contributed by atoms with Crippen LogP contribution in [0.25, 0.3) is 0 Å². The van der Waals surface area contributed by atoms with Gasteiger partial charge >= 0.3 is 5.97 Å². The maximum atomic E-state index is 12.8. The second-order valence-electron chi connectivity index (χ2n) is 3.25. The van der Waals surface area contributed by atoms with Gasteiger partial charge in [-0.2, -0.15) is 0 Å². The van der Waals surface area contributed by atoms with Gasteiger partial charge in [-0.25, -0.2) is 4.39 Å². The summed E-state index contributed by atoms with van der Waals surface area (Å²) in [5.41, 5.74) is 1.67. The molecule has 0 aliphatic carbocycles. The highest BCUT2D eigenvalue weighted by atomic mass is 19.1. The first-order valence-corrected chi connectivity index (χ1v) is 4.37. The highest BCUT2D eigenvalue weighted by Crippen LogP contribution is 2.26. The Morgan fingerprint density at radius 1 is 1.64 bits per heavy atom. The molecule has 1 aliphatic rings. The average Bonchev–Trinajstić information content (AvgIpc) is 2.44. The zero-order chi connectivity index (χ0) is 10.1. The van der Waals surface area contributed by atoms with E-state index < -0.39 is 0 Å². The van der Waals surface area contributed by atoms with E-state index in [1.165, 1.54) is 19.1 Å². The Kier molecular flexibility index (Phi) is 2.11. The van der Waals surface area contributed by atoms with Crippen LogP contribution in [0, 0.1) is 5.82 Å². The first kappa shape index (κ1) is 8.99. The van der Waals surface area contributed by atoms with Crippen LogP contribution in [0.4, 0.5) is 10.1 Å². The average molecular weight is 195 g/mol. The van der Waals surface area contributed by atoms with E-state index in [-0.39, 0.29) is 18.0 Å². The van der Waals surface area contributed by atoms with E-state index in [4.69, 9.17) is 4.74 Å². The number of carbonyl (C=O) groups is 1. The molecule has 1 aromatic carbocycles. The largest absolute Gasteiger partial charge is 0.442 e. The van der Waals surface area contributed by atoms with Crippen molar-refractivity contribution >= 4 is 11.7 Å². The minimum absolute atomic E-state index is 0.269. The molecule has 1 heterocycles. The van der Waals surface area contributed by atoms with Gasteiger partial charge in [-0.3, -0.25) is 4.79 Å². The fraction of sp³-hybridized carbons (Fsp3) is 0.300. The molecule has 3 nitrogen and oxygen atoms in total. The van der Waals surface area contributed by atoms with Crippen molar-refractivity contribution in [3.8, 4) is 0 Å². The van der Waals surface area contributed by atoms with Gasteiger partial charge in [0.05, 0.1) is 0 Å². The summed E-state index contributed by atoms with van der Waals surface area (Å²) in [6.07, 6.45) is 0.163. The van der Waals surface area contributed by atoms with E-state index in [0.717, 1.165) is 11.3 Å². The van der Waals surface area contributed by atoms with Gasteiger partial charge in [0.15, 0.2) is 6.23 Å². The maximum Gasteiger partial charge on any atom is 0.304 e. The molecule has 1 N–H and O–H groups in total. The monoisotopic (exact) mass is 195 g/mol. The third kappa shape index (κ3) is 1.69. The number of hydrogen-bond acceptors (Lipinski definition) is 3. The van der Waals surface area contributed by atoms with Gasteiger partial charge in [-0.05, 0) is 23.8 Å². The second-order valence-corrected chi connectivity index (χ2v) is 3.25. The third-order valence-corrected chi connectivity index (χ3v) is 2.10. The van der Waals surface area contributed by atoms with Crippen LogP contribution in [0.15, 0.2) is 18.2 Å². The summed E-state index contributed by atoms with van der Waals surface area (Å²) >= 11 is 0. The highest BCUT2D eigenvalue weighted by Gasteiger charge is 2.22. The molecular weight excluding hydrogens is 185 g/mol. The number of hydrogen-bond donors (Lipinski definition) is 1. The van der Waals surface area contributed by atoms with Gasteiger partial charge in [0.1, 0.15) is 5.82 Å². The minimum Gasteiger partial charge on any atom is -0.442 e. The molecular formula is C10H10FNO2. The SMILES string of the molecule is CC(=O)OC1Cc2cc(F)ccc2N1. The van der Waals surface area contributed by atoms with E-state index in [1.807, 2.05) is 0 Å². The number of benzene rings is 1. The summed E-state index contributed by atoms with van der Waals surface area (Å²) in [5, 5.41) is 2.98. The van der Waals surface area contributed by atoms with Crippen LogP contribution in [0.5, 0.6) is 0 Å². The molecule has 0 amide bonds. The van der Waals surface area contributed by atoms with Crippen LogP contribution in [-0.2, 0) is 16.0 Å². The zero-order valence-electron chi connectivity index (χ0n) is 7.71. The molecule has 74 valence electrons. The van der Waals surface area contributed by atoms with Crippen LogP contribution in [0.3, 0.4) is 0 Å². The smallest absolute Gasteiger partial charge is 0.304 e. The van der Waals surface area contributed by atoms with Gasteiger partial charge in [0.2, 0.25) is 0 Å². The molecule has 4 heteroatoms. The lowest BCUT2D eigenvalue weighted by atomic mass is 10.1. The summed E-state index contributed by atoms with van der Waals surface area (Å²) < 4.78 is 17.8. The molecule has 1 aromatic rings. The Morgan fingerprint density at radius 3 is 3.14 bits per heavy atom. The Labute approximate surface area is 80.9 Å². The number of rotatable bonds is 1. The van der Waals surface area contributed by atoms with Crippen LogP contribution >= 0.6 is 0 Å². The summed E-state index contributed by atoms with van der Waals surface area (Å²) in [5.74, 6) is -0.607. The van der Waals surface area contributed by atoms with Crippen LogP contribution < -0.4 is 5.32 Å². The van der Waals surface area contributed by atoms with Gasteiger partial charge in [0.25, 0.3) is 0 Å². The van der Waals surface area contributed by atoms with E-state index in [0.29, 0.717) is 6.42 Å². The fourth-order valence-corrected chi connectivity index (χ4v) is 1.57. The summed E-state index contributed by atoms with van der Waals surface area (Å²) in [4.78, 5) is 10.7. The second kappa shape index (κ2) is 3.29. The first-order valence-electron chi connectivity index (χ1n) is 4.37. The van der Waals surface area contributed by atoms with Gasteiger partial charge < -0.3 is 10.1 Å². The van der Waals surface area contributed by atoms with E-state index in [1.54, 1.807) is 6.07 Å². The lowest BCUT2D eigenvalue weighted by Gasteiger charge is -2.10. The van der Waals surface area contributed by atoms with Crippen molar-refractivity contribution in [3.05, 3.63) is 29.6 Å². The predicted octanol–water partition coefficient (Wildman–Crippen LogP) is 1.68. The van der Waals surface area contributed by atoms with Crippen LogP contribution in [0.2, 0.25) is 0 Å². The molecule has 1 aliphatic heterocycles. The van der Waals surface area contributed by atoms with E-state index in [2.05, 4.69) is 5.32 Å².